The first-order valence-corrected chi connectivity index (χ1v) is 9.62. The maximum atomic E-state index is 12.5. The third kappa shape index (κ3) is 3.39. The van der Waals surface area contributed by atoms with Crippen LogP contribution in [0.25, 0.3) is 0 Å². The number of hydrogen-bond donors (Lipinski definition) is 5. The van der Waals surface area contributed by atoms with Gasteiger partial charge in [-0.3, -0.25) is 5.41 Å². The third-order valence-corrected chi connectivity index (χ3v) is 4.99. The number of fused-ring (bicyclic) bond motifs is 6. The molecule has 0 radical (unpaired) electrons. The van der Waals surface area contributed by atoms with Gasteiger partial charge in [0.1, 0.15) is 23.0 Å². The highest BCUT2D eigenvalue weighted by atomic mass is 32.1. The number of esters is 1. The van der Waals surface area contributed by atoms with E-state index in [1.54, 1.807) is 24.3 Å². The van der Waals surface area contributed by atoms with E-state index in [0.717, 1.165) is 0 Å². The number of rotatable bonds is 1. The summed E-state index contributed by atoms with van der Waals surface area (Å²) in [6.45, 7) is 0. The van der Waals surface area contributed by atoms with Crippen LogP contribution in [0.3, 0.4) is 0 Å². The van der Waals surface area contributed by atoms with E-state index >= 15 is 0 Å². The Labute approximate surface area is 187 Å². The van der Waals surface area contributed by atoms with Crippen LogP contribution in [0.15, 0.2) is 65.8 Å². The fourth-order valence-electron chi connectivity index (χ4n) is 3.74. The van der Waals surface area contributed by atoms with Crippen LogP contribution in [0, 0.1) is 5.41 Å². The predicted molar refractivity (Wildman–Crippen MR) is 118 cm³/mol. The molecule has 2 aliphatic rings. The van der Waals surface area contributed by atoms with E-state index in [4.69, 9.17) is 20.6 Å². The number of ether oxygens (including phenoxy) is 2. The molecule has 3 aromatic carbocycles. The molecule has 0 unspecified atom stereocenters. The van der Waals surface area contributed by atoms with E-state index in [-0.39, 0.29) is 17.5 Å². The van der Waals surface area contributed by atoms with Crippen LogP contribution in [0.1, 0.15) is 27.0 Å². The van der Waals surface area contributed by atoms with Crippen LogP contribution >= 0.6 is 12.2 Å². The van der Waals surface area contributed by atoms with E-state index in [1.165, 1.54) is 24.3 Å². The summed E-state index contributed by atoms with van der Waals surface area (Å²) in [4.78, 5) is 12.5. The van der Waals surface area contributed by atoms with Gasteiger partial charge >= 0.3 is 5.97 Å². The first-order chi connectivity index (χ1) is 15.4. The highest BCUT2D eigenvalue weighted by Crippen LogP contribution is 2.56. The van der Waals surface area contributed by atoms with Crippen molar-refractivity contribution in [2.45, 2.75) is 5.60 Å². The van der Waals surface area contributed by atoms with Crippen molar-refractivity contribution in [2.75, 3.05) is 0 Å². The fraction of sp³-hybridized carbons (Fsp3) is 0.0455. The second-order valence-electron chi connectivity index (χ2n) is 6.81. The molecule has 0 atom stereocenters. The summed E-state index contributed by atoms with van der Waals surface area (Å²) < 4.78 is 11.8. The van der Waals surface area contributed by atoms with Gasteiger partial charge in [0.15, 0.2) is 5.60 Å². The number of phenols is 2. The molecule has 2 aliphatic heterocycles. The van der Waals surface area contributed by atoms with Gasteiger partial charge in [-0.2, -0.15) is 0 Å². The lowest BCUT2D eigenvalue weighted by atomic mass is 9.77. The molecule has 0 aromatic heterocycles. The molecule has 6 N–H and O–H groups in total. The Morgan fingerprint density at radius 2 is 1.62 bits per heavy atom. The number of nitrogens with zero attached hydrogens (tertiary/aromatic N) is 1. The van der Waals surface area contributed by atoms with Crippen molar-refractivity contribution in [3.05, 3.63) is 82.9 Å². The number of benzene rings is 3. The molecule has 3 aromatic rings. The summed E-state index contributed by atoms with van der Waals surface area (Å²) in [6.07, 6.45) is 0. The Balaban J connectivity index is 0.000000307. The van der Waals surface area contributed by atoms with Gasteiger partial charge < -0.3 is 25.4 Å². The van der Waals surface area contributed by atoms with Crippen molar-refractivity contribution in [3.8, 4) is 23.0 Å². The number of thiocarbonyl (C=S) groups is 1. The van der Waals surface area contributed by atoms with Gasteiger partial charge in [-0.15, -0.1) is 5.10 Å². The van der Waals surface area contributed by atoms with Crippen LogP contribution in [0.4, 0.5) is 0 Å². The number of nitrogens with two attached hydrogens (primary N) is 1. The third-order valence-electron chi connectivity index (χ3n) is 4.90. The molecule has 5 rings (SSSR count). The molecule has 9 nitrogen and oxygen atoms in total. The van der Waals surface area contributed by atoms with Crippen molar-refractivity contribution in [3.63, 3.8) is 0 Å². The molecule has 10 heteroatoms. The van der Waals surface area contributed by atoms with E-state index in [1.807, 2.05) is 17.3 Å². The smallest absolute Gasteiger partial charge is 0.340 e. The monoisotopic (exact) mass is 448 g/mol. The molecule has 32 heavy (non-hydrogen) atoms. The van der Waals surface area contributed by atoms with Crippen molar-refractivity contribution < 1.29 is 24.5 Å². The first kappa shape index (κ1) is 20.9. The quantitative estimate of drug-likeness (QED) is 0.125. The lowest BCUT2D eigenvalue weighted by Gasteiger charge is -2.36. The Hall–Kier alpha value is -4.40. The van der Waals surface area contributed by atoms with Gasteiger partial charge in [-0.05, 0) is 42.5 Å². The summed E-state index contributed by atoms with van der Waals surface area (Å²) in [6, 6.07) is 16.6. The van der Waals surface area contributed by atoms with Crippen molar-refractivity contribution in [1.29, 1.82) is 5.41 Å². The van der Waals surface area contributed by atoms with Gasteiger partial charge in [0.25, 0.3) is 0 Å². The summed E-state index contributed by atoms with van der Waals surface area (Å²) in [5.41, 5.74) is 8.12. The molecule has 160 valence electrons. The Bertz CT molecular complexity index is 1250. The summed E-state index contributed by atoms with van der Waals surface area (Å²) in [7, 11) is 0. The average Bonchev–Trinajstić information content (AvgIpc) is 3.05. The van der Waals surface area contributed by atoms with Crippen LogP contribution in [0.5, 0.6) is 23.0 Å². The largest absolute Gasteiger partial charge is 0.508 e. The number of carbonyl (C=O) groups excluding carboxylic acids is 1. The zero-order chi connectivity index (χ0) is 22.9. The Kier molecular flexibility index (Phi) is 5.23. The summed E-state index contributed by atoms with van der Waals surface area (Å²) in [5.74, 6) is 0.170. The standard InChI is InChI=1S/C20H12O5.C2H4N4S/c21-11-5-7-15-17(9-11)24-18-10-12(22)6-8-16(18)20(15)14-4-2-1-3-13(14)19(23)25-20;3-2(4)6-5-1-7/h1-10,21-22H;(H4,3,4,6). The average molecular weight is 448 g/mol. The van der Waals surface area contributed by atoms with Gasteiger partial charge in [-0.25, -0.2) is 10.2 Å². The topological polar surface area (TPSA) is 150 Å². The molecule has 2 heterocycles. The Morgan fingerprint density at radius 1 is 1.03 bits per heavy atom. The SMILES string of the molecule is N=C(N)NN=C=S.O=C1OC2(c3ccc(O)cc3Oc3cc(O)ccc32)c2ccccc21. The highest BCUT2D eigenvalue weighted by molar-refractivity contribution is 7.78. The fourth-order valence-corrected chi connectivity index (χ4v) is 3.78. The van der Waals surface area contributed by atoms with Crippen LogP contribution in [0.2, 0.25) is 0 Å². The minimum Gasteiger partial charge on any atom is -0.508 e. The molecular weight excluding hydrogens is 432 g/mol. The Morgan fingerprint density at radius 3 is 2.16 bits per heavy atom. The van der Waals surface area contributed by atoms with Gasteiger partial charge in [0, 0.05) is 28.8 Å². The summed E-state index contributed by atoms with van der Waals surface area (Å²) in [5, 5.41) is 31.3. The number of aromatic hydroxyl groups is 2. The van der Waals surface area contributed by atoms with Gasteiger partial charge in [0.05, 0.1) is 10.7 Å². The molecular formula is C22H16N4O5S. The molecule has 0 aliphatic carbocycles. The van der Waals surface area contributed by atoms with Crippen LogP contribution < -0.4 is 15.9 Å². The molecule has 0 bridgehead atoms. The number of isothiocyanates is 1. The molecule has 1 spiro atoms. The molecule has 0 saturated carbocycles. The number of phenolic OH excluding ortho intramolecular Hbond substituents is 2. The van der Waals surface area contributed by atoms with Crippen molar-refractivity contribution in [2.24, 2.45) is 10.8 Å². The molecule has 0 amide bonds. The lowest BCUT2D eigenvalue weighted by Crippen LogP contribution is -2.32. The van der Waals surface area contributed by atoms with Crippen LogP contribution in [-0.2, 0) is 10.3 Å². The van der Waals surface area contributed by atoms with E-state index < -0.39 is 11.6 Å². The number of carbonyl (C=O) groups is 1. The van der Waals surface area contributed by atoms with Crippen molar-refractivity contribution in [1.82, 2.24) is 5.43 Å². The first-order valence-electron chi connectivity index (χ1n) is 9.21. The lowest BCUT2D eigenvalue weighted by molar-refractivity contribution is 0.0224. The highest BCUT2D eigenvalue weighted by Gasteiger charge is 2.53. The molecule has 0 saturated heterocycles. The van der Waals surface area contributed by atoms with E-state index in [9.17, 15) is 15.0 Å². The maximum Gasteiger partial charge on any atom is 0.340 e. The number of hydrazone groups is 1. The second-order valence-corrected chi connectivity index (χ2v) is 6.99. The minimum atomic E-state index is -1.17. The van der Waals surface area contributed by atoms with Crippen LogP contribution in [-0.4, -0.2) is 27.3 Å². The second kappa shape index (κ2) is 8.03. The van der Waals surface area contributed by atoms with Gasteiger partial charge in [-0.1, -0.05) is 18.2 Å². The predicted octanol–water partition coefficient (Wildman–Crippen LogP) is 3.15. The normalized spacial score (nSPS) is 13.7. The van der Waals surface area contributed by atoms with Gasteiger partial charge in [0.2, 0.25) is 5.96 Å². The maximum absolute atomic E-state index is 12.5. The van der Waals surface area contributed by atoms with Crippen molar-refractivity contribution >= 4 is 29.3 Å². The number of hydrogen-bond acceptors (Lipinski definition) is 8. The zero-order valence-corrected chi connectivity index (χ0v) is 17.1. The van der Waals surface area contributed by atoms with E-state index in [2.05, 4.69) is 22.7 Å². The van der Waals surface area contributed by atoms with E-state index in [0.29, 0.717) is 33.8 Å². The number of guanidine groups is 1. The number of nitrogens with one attached hydrogen (secondary N) is 2. The summed E-state index contributed by atoms with van der Waals surface area (Å²) >= 11 is 4.14. The molecule has 0 fully saturated rings. The minimum absolute atomic E-state index is 0.0371. The zero-order valence-electron chi connectivity index (χ0n) is 16.3.